The Morgan fingerprint density at radius 3 is 2.68 bits per heavy atom. The SMILES string of the molecule is Cc1ccc(-c2c(/C=C/C(=O)N3CCOCC3)n(CCCO)c3ncnc(N)c23)cc1. The van der Waals surface area contributed by atoms with E-state index in [9.17, 15) is 9.90 Å². The van der Waals surface area contributed by atoms with Gasteiger partial charge < -0.3 is 25.0 Å². The summed E-state index contributed by atoms with van der Waals surface area (Å²) in [5, 5.41) is 10.2. The molecule has 0 bridgehead atoms. The van der Waals surface area contributed by atoms with E-state index in [4.69, 9.17) is 10.5 Å². The summed E-state index contributed by atoms with van der Waals surface area (Å²) in [5.41, 5.74) is 10.8. The van der Waals surface area contributed by atoms with Crippen LogP contribution in [0.4, 0.5) is 5.82 Å². The normalized spacial score (nSPS) is 14.6. The zero-order valence-electron chi connectivity index (χ0n) is 17.6. The molecule has 3 aromatic rings. The number of aromatic nitrogens is 3. The van der Waals surface area contributed by atoms with Gasteiger partial charge in [-0.2, -0.15) is 0 Å². The minimum absolute atomic E-state index is 0.0516. The molecule has 0 spiro atoms. The summed E-state index contributed by atoms with van der Waals surface area (Å²) < 4.78 is 7.34. The van der Waals surface area contributed by atoms with Crippen LogP contribution in [-0.4, -0.2) is 63.4 Å². The lowest BCUT2D eigenvalue weighted by Gasteiger charge is -2.25. The summed E-state index contributed by atoms with van der Waals surface area (Å²) in [7, 11) is 0. The van der Waals surface area contributed by atoms with Crippen LogP contribution in [-0.2, 0) is 16.1 Å². The maximum atomic E-state index is 12.8. The van der Waals surface area contributed by atoms with E-state index in [1.54, 1.807) is 11.0 Å². The van der Waals surface area contributed by atoms with Gasteiger partial charge in [-0.05, 0) is 25.0 Å². The van der Waals surface area contributed by atoms with Crippen molar-refractivity contribution in [1.82, 2.24) is 19.4 Å². The molecule has 1 saturated heterocycles. The highest BCUT2D eigenvalue weighted by atomic mass is 16.5. The number of aryl methyl sites for hydroxylation is 2. The number of nitrogen functional groups attached to an aromatic ring is 1. The van der Waals surface area contributed by atoms with E-state index >= 15 is 0 Å². The number of amides is 1. The number of nitrogens with zero attached hydrogens (tertiary/aromatic N) is 4. The van der Waals surface area contributed by atoms with Crippen LogP contribution in [0, 0.1) is 6.92 Å². The lowest BCUT2D eigenvalue weighted by Crippen LogP contribution is -2.39. The van der Waals surface area contributed by atoms with Crippen molar-refractivity contribution >= 4 is 28.8 Å². The summed E-state index contributed by atoms with van der Waals surface area (Å²) in [6.45, 7) is 4.90. The number of hydrogen-bond acceptors (Lipinski definition) is 6. The van der Waals surface area contributed by atoms with Crippen LogP contribution in [0.15, 0.2) is 36.7 Å². The van der Waals surface area contributed by atoms with E-state index in [2.05, 4.69) is 9.97 Å². The number of hydrogen-bond donors (Lipinski definition) is 2. The van der Waals surface area contributed by atoms with Gasteiger partial charge in [0.1, 0.15) is 17.8 Å². The Balaban J connectivity index is 1.87. The second-order valence-electron chi connectivity index (χ2n) is 7.58. The minimum Gasteiger partial charge on any atom is -0.396 e. The van der Waals surface area contributed by atoms with Crippen molar-refractivity contribution < 1.29 is 14.6 Å². The molecule has 162 valence electrons. The predicted molar refractivity (Wildman–Crippen MR) is 120 cm³/mol. The molecule has 3 heterocycles. The third-order valence-corrected chi connectivity index (χ3v) is 5.50. The molecule has 8 nitrogen and oxygen atoms in total. The fraction of sp³-hybridized carbons (Fsp3) is 0.348. The molecule has 1 amide bonds. The number of aliphatic hydroxyl groups is 1. The van der Waals surface area contributed by atoms with Crippen molar-refractivity contribution in [3.63, 3.8) is 0 Å². The topological polar surface area (TPSA) is 106 Å². The van der Waals surface area contributed by atoms with Crippen LogP contribution in [0.3, 0.4) is 0 Å². The molecule has 1 fully saturated rings. The van der Waals surface area contributed by atoms with E-state index in [-0.39, 0.29) is 12.5 Å². The molecule has 31 heavy (non-hydrogen) atoms. The maximum absolute atomic E-state index is 12.8. The number of carbonyl (C=O) groups excluding carboxylic acids is 1. The Hall–Kier alpha value is -3.23. The van der Waals surface area contributed by atoms with Gasteiger partial charge in [-0.15, -0.1) is 0 Å². The molecule has 0 atom stereocenters. The lowest BCUT2D eigenvalue weighted by molar-refractivity contribution is -0.129. The van der Waals surface area contributed by atoms with Crippen molar-refractivity contribution in [2.75, 3.05) is 38.6 Å². The van der Waals surface area contributed by atoms with E-state index in [1.807, 2.05) is 41.8 Å². The molecule has 1 aliphatic heterocycles. The van der Waals surface area contributed by atoms with Gasteiger partial charge in [0.25, 0.3) is 0 Å². The van der Waals surface area contributed by atoms with Gasteiger partial charge in [-0.3, -0.25) is 4.79 Å². The van der Waals surface area contributed by atoms with Crippen molar-refractivity contribution in [2.45, 2.75) is 19.9 Å². The van der Waals surface area contributed by atoms with Crippen LogP contribution in [0.2, 0.25) is 0 Å². The molecular formula is C23H27N5O3. The molecular weight excluding hydrogens is 394 g/mol. The second kappa shape index (κ2) is 9.28. The molecule has 4 rings (SSSR count). The minimum atomic E-state index is -0.0591. The third kappa shape index (κ3) is 4.30. The predicted octanol–water partition coefficient (Wildman–Crippen LogP) is 2.24. The van der Waals surface area contributed by atoms with Gasteiger partial charge in [-0.1, -0.05) is 29.8 Å². The molecule has 0 aliphatic carbocycles. The van der Waals surface area contributed by atoms with Gasteiger partial charge in [0.05, 0.1) is 24.3 Å². The number of aliphatic hydroxyl groups excluding tert-OH is 1. The van der Waals surface area contributed by atoms with Crippen molar-refractivity contribution in [3.05, 3.63) is 47.9 Å². The van der Waals surface area contributed by atoms with E-state index < -0.39 is 0 Å². The molecule has 1 aliphatic rings. The number of morpholine rings is 1. The number of nitrogens with two attached hydrogens (primary N) is 1. The van der Waals surface area contributed by atoms with Crippen LogP contribution < -0.4 is 5.73 Å². The van der Waals surface area contributed by atoms with Gasteiger partial charge in [0.15, 0.2) is 0 Å². The monoisotopic (exact) mass is 421 g/mol. The second-order valence-corrected chi connectivity index (χ2v) is 7.58. The van der Waals surface area contributed by atoms with Crippen LogP contribution in [0.25, 0.3) is 28.2 Å². The zero-order chi connectivity index (χ0) is 21.8. The van der Waals surface area contributed by atoms with Crippen molar-refractivity contribution in [3.8, 4) is 11.1 Å². The summed E-state index contributed by atoms with van der Waals surface area (Å²) >= 11 is 0. The molecule has 1 aromatic carbocycles. The van der Waals surface area contributed by atoms with Gasteiger partial charge in [0.2, 0.25) is 5.91 Å². The Morgan fingerprint density at radius 1 is 1.23 bits per heavy atom. The highest BCUT2D eigenvalue weighted by Gasteiger charge is 2.21. The number of benzene rings is 1. The fourth-order valence-electron chi connectivity index (χ4n) is 3.89. The fourth-order valence-corrected chi connectivity index (χ4v) is 3.89. The van der Waals surface area contributed by atoms with Crippen LogP contribution in [0.5, 0.6) is 0 Å². The molecule has 0 unspecified atom stereocenters. The van der Waals surface area contributed by atoms with Gasteiger partial charge in [0, 0.05) is 37.9 Å². The zero-order valence-corrected chi connectivity index (χ0v) is 17.6. The number of ether oxygens (including phenoxy) is 1. The smallest absolute Gasteiger partial charge is 0.246 e. The van der Waals surface area contributed by atoms with E-state index in [0.717, 1.165) is 27.8 Å². The largest absolute Gasteiger partial charge is 0.396 e. The molecule has 3 N–H and O–H groups in total. The average Bonchev–Trinajstić information content (AvgIpc) is 3.11. The number of anilines is 1. The highest BCUT2D eigenvalue weighted by molar-refractivity contribution is 6.05. The lowest BCUT2D eigenvalue weighted by atomic mass is 10.0. The molecule has 2 aromatic heterocycles. The van der Waals surface area contributed by atoms with E-state index in [0.29, 0.717) is 50.7 Å². The standard InChI is InChI=1S/C23H27N5O3/c1-16-3-5-17(6-4-16)20-18(7-8-19(30)27-10-13-31-14-11-27)28(9-2-12-29)23-21(20)22(24)25-15-26-23/h3-8,15,29H,2,9-14H2,1H3,(H2,24,25,26)/b8-7+. The first-order chi connectivity index (χ1) is 15.1. The Kier molecular flexibility index (Phi) is 6.29. The summed E-state index contributed by atoms with van der Waals surface area (Å²) in [6.07, 6.45) is 5.42. The number of carbonyl (C=O) groups is 1. The first kappa shape index (κ1) is 21.0. The van der Waals surface area contributed by atoms with Gasteiger partial charge >= 0.3 is 0 Å². The number of fused-ring (bicyclic) bond motifs is 1. The first-order valence-electron chi connectivity index (χ1n) is 10.5. The van der Waals surface area contributed by atoms with Crippen LogP contribution >= 0.6 is 0 Å². The van der Waals surface area contributed by atoms with Gasteiger partial charge in [-0.25, -0.2) is 9.97 Å². The maximum Gasteiger partial charge on any atom is 0.246 e. The quantitative estimate of drug-likeness (QED) is 0.591. The highest BCUT2D eigenvalue weighted by Crippen LogP contribution is 2.37. The Bertz CT molecular complexity index is 1100. The third-order valence-electron chi connectivity index (χ3n) is 5.50. The molecule has 0 saturated carbocycles. The molecule has 0 radical (unpaired) electrons. The summed E-state index contributed by atoms with van der Waals surface area (Å²) in [6, 6.07) is 8.15. The summed E-state index contributed by atoms with van der Waals surface area (Å²) in [5.74, 6) is 0.327. The Morgan fingerprint density at radius 2 is 1.97 bits per heavy atom. The summed E-state index contributed by atoms with van der Waals surface area (Å²) in [4.78, 5) is 23.2. The average molecular weight is 422 g/mol. The van der Waals surface area contributed by atoms with Crippen LogP contribution in [0.1, 0.15) is 17.7 Å². The molecule has 8 heteroatoms. The van der Waals surface area contributed by atoms with Crippen molar-refractivity contribution in [2.24, 2.45) is 0 Å². The Labute approximate surface area is 181 Å². The first-order valence-corrected chi connectivity index (χ1v) is 10.5. The van der Waals surface area contributed by atoms with E-state index in [1.165, 1.54) is 6.33 Å². The number of rotatable bonds is 6. The van der Waals surface area contributed by atoms with Crippen molar-refractivity contribution in [1.29, 1.82) is 0 Å².